The van der Waals surface area contributed by atoms with Crippen LogP contribution in [0.3, 0.4) is 0 Å². The summed E-state index contributed by atoms with van der Waals surface area (Å²) in [5, 5.41) is 39.9. The van der Waals surface area contributed by atoms with Crippen LogP contribution in [0, 0.1) is 11.8 Å². The molecule has 0 saturated carbocycles. The standard InChI is InChI=1S/C25H28O11/c1-32-23(31)17-12-33-24(16-4-2-3-15(16)17)36-25-22(21(30)20(29)18(11-26)34-25)35-19(28)10-7-13-5-8-14(27)9-6-13/h2,4-10,12,15-16,18,20-22,24-27,29-30H,3,11H2,1H3/b10-7+/t15-,16+,18+,20+,21-,22+,24-,25-/m0/s1. The first kappa shape index (κ1) is 25.9. The van der Waals surface area contributed by atoms with Crippen molar-refractivity contribution in [3.63, 3.8) is 0 Å². The van der Waals surface area contributed by atoms with E-state index >= 15 is 0 Å². The van der Waals surface area contributed by atoms with Crippen molar-refractivity contribution in [3.8, 4) is 5.75 Å². The highest BCUT2D eigenvalue weighted by Crippen LogP contribution is 2.40. The Labute approximate surface area is 206 Å². The molecule has 0 bridgehead atoms. The van der Waals surface area contributed by atoms with Crippen molar-refractivity contribution in [2.24, 2.45) is 11.8 Å². The maximum absolute atomic E-state index is 12.5. The summed E-state index contributed by atoms with van der Waals surface area (Å²) >= 11 is 0. The topological polar surface area (TPSA) is 161 Å². The zero-order valence-corrected chi connectivity index (χ0v) is 19.4. The third kappa shape index (κ3) is 5.45. The zero-order valence-electron chi connectivity index (χ0n) is 19.4. The first-order valence-corrected chi connectivity index (χ1v) is 11.4. The van der Waals surface area contributed by atoms with Gasteiger partial charge in [-0.3, -0.25) is 0 Å². The smallest absolute Gasteiger partial charge is 0.337 e. The molecule has 11 heteroatoms. The number of allylic oxidation sites excluding steroid dienone is 1. The minimum atomic E-state index is -1.63. The van der Waals surface area contributed by atoms with Gasteiger partial charge in [-0.25, -0.2) is 9.59 Å². The van der Waals surface area contributed by atoms with Crippen molar-refractivity contribution in [2.45, 2.75) is 43.4 Å². The molecule has 3 aliphatic rings. The summed E-state index contributed by atoms with van der Waals surface area (Å²) < 4.78 is 27.4. The lowest BCUT2D eigenvalue weighted by Gasteiger charge is -2.43. The molecule has 0 unspecified atom stereocenters. The van der Waals surface area contributed by atoms with E-state index in [-0.39, 0.29) is 11.7 Å². The van der Waals surface area contributed by atoms with E-state index in [1.54, 1.807) is 12.1 Å². The SMILES string of the molecule is COC(=O)C1=CO[C@@H](O[C@@H]2O[C@H](CO)[C@@H](O)[C@H](O)[C@H]2OC(=O)/C=C/c2ccc(O)cc2)[C@@H]2C=CC[C@H]12. The third-order valence-corrected chi connectivity index (χ3v) is 6.33. The second kappa shape index (κ2) is 11.2. The van der Waals surface area contributed by atoms with Gasteiger partial charge in [-0.1, -0.05) is 24.3 Å². The van der Waals surface area contributed by atoms with Crippen LogP contribution in [0.1, 0.15) is 12.0 Å². The van der Waals surface area contributed by atoms with Gasteiger partial charge in [-0.2, -0.15) is 0 Å². The fourth-order valence-electron chi connectivity index (χ4n) is 4.39. The van der Waals surface area contributed by atoms with Crippen LogP contribution in [0.2, 0.25) is 0 Å². The van der Waals surface area contributed by atoms with Gasteiger partial charge >= 0.3 is 11.9 Å². The predicted molar refractivity (Wildman–Crippen MR) is 122 cm³/mol. The largest absolute Gasteiger partial charge is 0.508 e. The lowest BCUT2D eigenvalue weighted by atomic mass is 9.86. The molecule has 8 atom stereocenters. The Kier molecular flexibility index (Phi) is 8.07. The second-order valence-corrected chi connectivity index (χ2v) is 8.59. The average molecular weight is 504 g/mol. The van der Waals surface area contributed by atoms with Crippen LogP contribution >= 0.6 is 0 Å². The van der Waals surface area contributed by atoms with E-state index in [1.165, 1.54) is 31.6 Å². The number of hydrogen-bond acceptors (Lipinski definition) is 11. The number of aliphatic hydroxyl groups is 3. The van der Waals surface area contributed by atoms with E-state index < -0.39 is 61.5 Å². The Balaban J connectivity index is 1.50. The molecule has 194 valence electrons. The van der Waals surface area contributed by atoms with E-state index in [4.69, 9.17) is 23.7 Å². The number of carbonyl (C=O) groups excluding carboxylic acids is 2. The zero-order chi connectivity index (χ0) is 25.8. The Morgan fingerprint density at radius 1 is 1.14 bits per heavy atom. The minimum absolute atomic E-state index is 0.0717. The molecule has 2 heterocycles. The number of phenols is 1. The summed E-state index contributed by atoms with van der Waals surface area (Å²) in [7, 11) is 1.27. The Morgan fingerprint density at radius 2 is 1.89 bits per heavy atom. The molecule has 4 N–H and O–H groups in total. The molecule has 1 aromatic rings. The van der Waals surface area contributed by atoms with E-state index in [1.807, 2.05) is 12.2 Å². The molecule has 0 radical (unpaired) electrons. The average Bonchev–Trinajstić information content (AvgIpc) is 3.38. The van der Waals surface area contributed by atoms with Gasteiger partial charge in [0.2, 0.25) is 12.6 Å². The minimum Gasteiger partial charge on any atom is -0.508 e. The molecule has 1 saturated heterocycles. The van der Waals surface area contributed by atoms with Crippen LogP contribution in [0.15, 0.2) is 54.3 Å². The van der Waals surface area contributed by atoms with Crippen LogP contribution in [0.5, 0.6) is 5.75 Å². The maximum Gasteiger partial charge on any atom is 0.337 e. The number of carbonyl (C=O) groups is 2. The molecule has 4 rings (SSSR count). The first-order valence-electron chi connectivity index (χ1n) is 11.4. The van der Waals surface area contributed by atoms with Crippen molar-refractivity contribution in [2.75, 3.05) is 13.7 Å². The van der Waals surface area contributed by atoms with Gasteiger partial charge in [0, 0.05) is 17.9 Å². The summed E-state index contributed by atoms with van der Waals surface area (Å²) in [6, 6.07) is 6.07. The number of benzene rings is 1. The molecule has 0 spiro atoms. The molecule has 11 nitrogen and oxygen atoms in total. The summed E-state index contributed by atoms with van der Waals surface area (Å²) in [5.41, 5.74) is 0.962. The second-order valence-electron chi connectivity index (χ2n) is 8.59. The number of rotatable bonds is 7. The first-order chi connectivity index (χ1) is 17.3. The summed E-state index contributed by atoms with van der Waals surface area (Å²) in [6.45, 7) is -0.622. The summed E-state index contributed by atoms with van der Waals surface area (Å²) in [4.78, 5) is 24.6. The number of esters is 2. The fourth-order valence-corrected chi connectivity index (χ4v) is 4.39. The quantitative estimate of drug-likeness (QED) is 0.231. The molecular formula is C25H28O11. The highest BCUT2D eigenvalue weighted by molar-refractivity contribution is 5.89. The molecule has 36 heavy (non-hydrogen) atoms. The number of hydrogen-bond donors (Lipinski definition) is 4. The van der Waals surface area contributed by atoms with E-state index in [0.29, 0.717) is 17.6 Å². The highest BCUT2D eigenvalue weighted by atomic mass is 16.8. The Morgan fingerprint density at radius 3 is 2.58 bits per heavy atom. The monoisotopic (exact) mass is 504 g/mol. The number of aromatic hydroxyl groups is 1. The van der Waals surface area contributed by atoms with Crippen molar-refractivity contribution in [1.82, 2.24) is 0 Å². The van der Waals surface area contributed by atoms with E-state index in [9.17, 15) is 30.0 Å². The van der Waals surface area contributed by atoms with Crippen molar-refractivity contribution in [3.05, 3.63) is 59.9 Å². The van der Waals surface area contributed by atoms with Crippen LogP contribution in [0.4, 0.5) is 0 Å². The molecule has 1 fully saturated rings. The van der Waals surface area contributed by atoms with Crippen LogP contribution in [-0.2, 0) is 33.3 Å². The molecule has 2 aliphatic heterocycles. The third-order valence-electron chi connectivity index (χ3n) is 6.33. The molecule has 0 amide bonds. The lowest BCUT2D eigenvalue weighted by molar-refractivity contribution is -0.339. The molecule has 0 aromatic heterocycles. The maximum atomic E-state index is 12.5. The van der Waals surface area contributed by atoms with Crippen LogP contribution in [0.25, 0.3) is 6.08 Å². The lowest BCUT2D eigenvalue weighted by Crippen LogP contribution is -2.61. The predicted octanol–water partition coefficient (Wildman–Crippen LogP) is 0.378. The van der Waals surface area contributed by atoms with Crippen molar-refractivity contribution >= 4 is 18.0 Å². The van der Waals surface area contributed by atoms with Gasteiger partial charge in [0.15, 0.2) is 6.10 Å². The normalized spacial score (nSPS) is 33.5. The van der Waals surface area contributed by atoms with Gasteiger partial charge < -0.3 is 44.1 Å². The number of aliphatic hydroxyl groups excluding tert-OH is 3. The van der Waals surface area contributed by atoms with Crippen LogP contribution in [-0.4, -0.2) is 83.1 Å². The van der Waals surface area contributed by atoms with E-state index in [2.05, 4.69) is 0 Å². The van der Waals surface area contributed by atoms with E-state index in [0.717, 1.165) is 6.08 Å². The van der Waals surface area contributed by atoms with Gasteiger partial charge in [0.25, 0.3) is 0 Å². The van der Waals surface area contributed by atoms with Crippen LogP contribution < -0.4 is 0 Å². The molecule has 1 aromatic carbocycles. The Bertz CT molecular complexity index is 1030. The Hall–Kier alpha value is -3.22. The fraction of sp³-hybridized carbons (Fsp3) is 0.440. The number of fused-ring (bicyclic) bond motifs is 1. The van der Waals surface area contributed by atoms with Gasteiger partial charge in [0.1, 0.15) is 24.1 Å². The van der Waals surface area contributed by atoms with Crippen molar-refractivity contribution < 1.29 is 53.7 Å². The van der Waals surface area contributed by atoms with Gasteiger partial charge in [-0.05, 0) is 30.2 Å². The van der Waals surface area contributed by atoms with Gasteiger partial charge in [-0.15, -0.1) is 0 Å². The highest BCUT2D eigenvalue weighted by Gasteiger charge is 2.50. The van der Waals surface area contributed by atoms with Gasteiger partial charge in [0.05, 0.1) is 25.6 Å². The number of ether oxygens (including phenoxy) is 5. The molecular weight excluding hydrogens is 476 g/mol. The number of phenolic OH excluding ortho intramolecular Hbond substituents is 1. The number of methoxy groups -OCH3 is 1. The molecule has 1 aliphatic carbocycles. The van der Waals surface area contributed by atoms with Crippen molar-refractivity contribution in [1.29, 1.82) is 0 Å². The summed E-state index contributed by atoms with van der Waals surface area (Å²) in [6.07, 6.45) is -0.156. The summed E-state index contributed by atoms with van der Waals surface area (Å²) in [5.74, 6) is -1.96.